The Kier molecular flexibility index (Phi) is 7.92. The van der Waals surface area contributed by atoms with Gasteiger partial charge in [-0.1, -0.05) is 73.9 Å². The second kappa shape index (κ2) is 8.92. The molecular weight excluding hydrogens is 256 g/mol. The highest BCUT2D eigenvalue weighted by molar-refractivity contribution is 8.76. The van der Waals surface area contributed by atoms with E-state index in [0.29, 0.717) is 0 Å². The van der Waals surface area contributed by atoms with E-state index in [-0.39, 0.29) is 0 Å². The molecule has 0 nitrogen and oxygen atoms in total. The minimum atomic E-state index is 0.734. The summed E-state index contributed by atoms with van der Waals surface area (Å²) in [6.07, 6.45) is 3.87. The van der Waals surface area contributed by atoms with Crippen molar-refractivity contribution >= 4 is 21.6 Å². The fraction of sp³-hybridized carbons (Fsp3) is 0.625. The van der Waals surface area contributed by atoms with Gasteiger partial charge in [0, 0.05) is 10.6 Å². The number of benzene rings is 1. The summed E-state index contributed by atoms with van der Waals surface area (Å²) >= 11 is 0. The average molecular weight is 283 g/mol. The maximum atomic E-state index is 2.30. The molecule has 0 unspecified atom stereocenters. The van der Waals surface area contributed by atoms with Gasteiger partial charge in [-0.3, -0.25) is 0 Å². The van der Waals surface area contributed by atoms with Crippen LogP contribution in [0.3, 0.4) is 0 Å². The lowest BCUT2D eigenvalue weighted by atomic mass is 10.0. The summed E-state index contributed by atoms with van der Waals surface area (Å²) in [5.41, 5.74) is 1.51. The highest BCUT2D eigenvalue weighted by Crippen LogP contribution is 2.35. The Morgan fingerprint density at radius 1 is 1.00 bits per heavy atom. The van der Waals surface area contributed by atoms with Crippen LogP contribution < -0.4 is 0 Å². The minimum absolute atomic E-state index is 0.734. The Morgan fingerprint density at radius 2 is 1.72 bits per heavy atom. The van der Waals surface area contributed by atoms with E-state index < -0.39 is 0 Å². The molecule has 0 spiro atoms. The zero-order valence-electron chi connectivity index (χ0n) is 12.1. The molecule has 0 fully saturated rings. The summed E-state index contributed by atoms with van der Waals surface area (Å²) in [4.78, 5) is 1.46. The zero-order valence-corrected chi connectivity index (χ0v) is 13.7. The van der Waals surface area contributed by atoms with Crippen LogP contribution in [0.15, 0.2) is 29.2 Å². The fourth-order valence-corrected chi connectivity index (χ4v) is 4.21. The van der Waals surface area contributed by atoms with Crippen molar-refractivity contribution in [1.29, 1.82) is 0 Å². The van der Waals surface area contributed by atoms with Gasteiger partial charge in [0.25, 0.3) is 0 Å². The Morgan fingerprint density at radius 3 is 2.39 bits per heavy atom. The SMILES string of the molecule is CC(C)CCCSSc1ccccc1CC(C)C. The molecule has 1 rings (SSSR count). The highest BCUT2D eigenvalue weighted by atomic mass is 33.1. The van der Waals surface area contributed by atoms with Crippen molar-refractivity contribution in [3.05, 3.63) is 29.8 Å². The minimum Gasteiger partial charge on any atom is -0.0889 e. The van der Waals surface area contributed by atoms with Crippen molar-refractivity contribution < 1.29 is 0 Å². The number of hydrogen-bond donors (Lipinski definition) is 0. The third kappa shape index (κ3) is 6.75. The normalized spacial score (nSPS) is 11.4. The van der Waals surface area contributed by atoms with Crippen molar-refractivity contribution in [2.45, 2.75) is 51.9 Å². The van der Waals surface area contributed by atoms with Crippen LogP contribution in [0.2, 0.25) is 0 Å². The summed E-state index contributed by atoms with van der Waals surface area (Å²) in [5.74, 6) is 2.83. The summed E-state index contributed by atoms with van der Waals surface area (Å²) in [7, 11) is 3.96. The van der Waals surface area contributed by atoms with Crippen molar-refractivity contribution in [3.63, 3.8) is 0 Å². The lowest BCUT2D eigenvalue weighted by molar-refractivity contribution is 0.579. The molecule has 0 amide bonds. The Labute approximate surface area is 121 Å². The van der Waals surface area contributed by atoms with Gasteiger partial charge in [0.15, 0.2) is 0 Å². The summed E-state index contributed by atoms with van der Waals surface area (Å²) in [6, 6.07) is 8.85. The summed E-state index contributed by atoms with van der Waals surface area (Å²) < 4.78 is 0. The quantitative estimate of drug-likeness (QED) is 0.420. The molecule has 0 aliphatic carbocycles. The van der Waals surface area contributed by atoms with Crippen LogP contribution in [-0.4, -0.2) is 5.75 Å². The predicted octanol–water partition coefficient (Wildman–Crippen LogP) is 6.06. The molecule has 0 saturated heterocycles. The monoisotopic (exact) mass is 282 g/mol. The van der Waals surface area contributed by atoms with Crippen LogP contribution in [0.1, 0.15) is 46.1 Å². The standard InChI is InChI=1S/C16H26S2/c1-13(2)8-7-11-17-18-16-10-6-5-9-15(16)12-14(3)4/h5-6,9-10,13-14H,7-8,11-12H2,1-4H3. The molecule has 18 heavy (non-hydrogen) atoms. The second-order valence-electron chi connectivity index (χ2n) is 5.65. The summed E-state index contributed by atoms with van der Waals surface area (Å²) in [5, 5.41) is 0. The third-order valence-corrected chi connectivity index (χ3v) is 5.30. The van der Waals surface area contributed by atoms with E-state index in [2.05, 4.69) is 52.0 Å². The van der Waals surface area contributed by atoms with Gasteiger partial charge < -0.3 is 0 Å². The first-order valence-corrected chi connectivity index (χ1v) is 9.29. The third-order valence-electron chi connectivity index (χ3n) is 2.76. The van der Waals surface area contributed by atoms with Crippen LogP contribution in [0, 0.1) is 11.8 Å². The molecular formula is C16H26S2. The van der Waals surface area contributed by atoms with Crippen molar-refractivity contribution in [1.82, 2.24) is 0 Å². The molecule has 102 valence electrons. The molecule has 0 atom stereocenters. The first-order chi connectivity index (χ1) is 8.59. The molecule has 0 N–H and O–H groups in total. The van der Waals surface area contributed by atoms with Gasteiger partial charge in [0.05, 0.1) is 0 Å². The Hall–Kier alpha value is -0.0800. The molecule has 0 saturated carbocycles. The fourth-order valence-electron chi connectivity index (χ4n) is 1.85. The van der Waals surface area contributed by atoms with E-state index in [1.807, 2.05) is 21.6 Å². The van der Waals surface area contributed by atoms with Crippen molar-refractivity contribution in [2.75, 3.05) is 5.75 Å². The number of rotatable bonds is 8. The van der Waals surface area contributed by atoms with Crippen LogP contribution in [-0.2, 0) is 6.42 Å². The molecule has 2 heteroatoms. The van der Waals surface area contributed by atoms with E-state index in [0.717, 1.165) is 11.8 Å². The zero-order chi connectivity index (χ0) is 13.4. The first kappa shape index (κ1) is 16.0. The molecule has 1 aromatic rings. The van der Waals surface area contributed by atoms with E-state index >= 15 is 0 Å². The highest BCUT2D eigenvalue weighted by Gasteiger charge is 2.05. The molecule has 0 heterocycles. The van der Waals surface area contributed by atoms with Gasteiger partial charge in [-0.25, -0.2) is 0 Å². The smallest absolute Gasteiger partial charge is 0.0214 e. The van der Waals surface area contributed by atoms with Crippen molar-refractivity contribution in [2.24, 2.45) is 11.8 Å². The molecule has 1 aromatic carbocycles. The van der Waals surface area contributed by atoms with E-state index in [4.69, 9.17) is 0 Å². The number of hydrogen-bond acceptors (Lipinski definition) is 2. The van der Waals surface area contributed by atoms with E-state index in [1.54, 1.807) is 0 Å². The predicted molar refractivity (Wildman–Crippen MR) is 87.4 cm³/mol. The van der Waals surface area contributed by atoms with Gasteiger partial charge in [0.1, 0.15) is 0 Å². The van der Waals surface area contributed by atoms with Gasteiger partial charge in [-0.15, -0.1) is 0 Å². The van der Waals surface area contributed by atoms with Gasteiger partial charge in [-0.2, -0.15) is 0 Å². The topological polar surface area (TPSA) is 0 Å². The van der Waals surface area contributed by atoms with E-state index in [1.165, 1.54) is 35.5 Å². The maximum absolute atomic E-state index is 2.30. The maximum Gasteiger partial charge on any atom is 0.0214 e. The first-order valence-electron chi connectivity index (χ1n) is 6.97. The van der Waals surface area contributed by atoms with Crippen molar-refractivity contribution in [3.8, 4) is 0 Å². The molecule has 0 aliphatic rings. The molecule has 0 bridgehead atoms. The Bertz CT molecular complexity index is 332. The van der Waals surface area contributed by atoms with Crippen LogP contribution in [0.5, 0.6) is 0 Å². The second-order valence-corrected chi connectivity index (χ2v) is 8.10. The van der Waals surface area contributed by atoms with Crippen LogP contribution in [0.4, 0.5) is 0 Å². The molecule has 0 aliphatic heterocycles. The van der Waals surface area contributed by atoms with Crippen LogP contribution in [0.25, 0.3) is 0 Å². The van der Waals surface area contributed by atoms with Crippen LogP contribution >= 0.6 is 21.6 Å². The van der Waals surface area contributed by atoms with Gasteiger partial charge in [-0.05, 0) is 36.3 Å². The van der Waals surface area contributed by atoms with Gasteiger partial charge >= 0.3 is 0 Å². The average Bonchev–Trinajstić information content (AvgIpc) is 2.29. The molecule has 0 radical (unpaired) electrons. The van der Waals surface area contributed by atoms with E-state index in [9.17, 15) is 0 Å². The molecule has 0 aromatic heterocycles. The summed E-state index contributed by atoms with van der Waals surface area (Å²) in [6.45, 7) is 9.18. The van der Waals surface area contributed by atoms with Gasteiger partial charge in [0.2, 0.25) is 0 Å². The lowest BCUT2D eigenvalue weighted by Gasteiger charge is -2.10. The largest absolute Gasteiger partial charge is 0.0889 e. The Balaban J connectivity index is 2.37. The lowest BCUT2D eigenvalue weighted by Crippen LogP contribution is -1.95.